The summed E-state index contributed by atoms with van der Waals surface area (Å²) in [5, 5.41) is 5.67. The summed E-state index contributed by atoms with van der Waals surface area (Å²) >= 11 is 0. The lowest BCUT2D eigenvalue weighted by molar-refractivity contribution is 0.688. The molecule has 0 heterocycles. The average Bonchev–Trinajstić information content (AvgIpc) is 4.06. The number of fused-ring (bicyclic) bond motifs is 12. The van der Waals surface area contributed by atoms with Crippen LogP contribution in [0.3, 0.4) is 0 Å². The fraction of sp³-hybridized carbons (Fsp3) is 0.0857. The minimum Gasteiger partial charge on any atom is -0.0767 e. The maximum atomic E-state index is 2.60. The number of hydrogen-bond donors (Lipinski definition) is 0. The van der Waals surface area contributed by atoms with Crippen molar-refractivity contribution < 1.29 is 0 Å². The van der Waals surface area contributed by atoms with Gasteiger partial charge >= 0.3 is 0 Å². The lowest BCUT2D eigenvalue weighted by atomic mass is 9.62. The first-order valence-electron chi connectivity index (χ1n) is 25.4. The predicted octanol–water partition coefficient (Wildman–Crippen LogP) is 15.8. The smallest absolute Gasteiger partial charge is 0.0212 e. The summed E-state index contributed by atoms with van der Waals surface area (Å²) in [6.07, 6.45) is 26.5. The van der Waals surface area contributed by atoms with Gasteiger partial charge in [0.2, 0.25) is 0 Å². The van der Waals surface area contributed by atoms with Crippen molar-refractivity contribution in [3.8, 4) is 55.6 Å². The summed E-state index contributed by atoms with van der Waals surface area (Å²) in [5.41, 5.74) is 33.8. The van der Waals surface area contributed by atoms with Crippen molar-refractivity contribution in [1.82, 2.24) is 0 Å². The Bertz CT molecular complexity index is 4180. The van der Waals surface area contributed by atoms with Gasteiger partial charge in [0, 0.05) is 23.7 Å². The Labute approximate surface area is 407 Å². The summed E-state index contributed by atoms with van der Waals surface area (Å²) in [4.78, 5) is 0. The molecule has 0 amide bonds. The van der Waals surface area contributed by atoms with Gasteiger partial charge in [-0.2, -0.15) is 0 Å². The van der Waals surface area contributed by atoms with E-state index in [0.717, 1.165) is 12.8 Å². The molecule has 0 nitrogen and oxygen atoms in total. The van der Waals surface area contributed by atoms with Gasteiger partial charge in [-0.25, -0.2) is 0 Å². The van der Waals surface area contributed by atoms with Crippen molar-refractivity contribution in [3.05, 3.63) is 268 Å². The molecule has 0 radical (unpaired) electrons. The van der Waals surface area contributed by atoms with Crippen molar-refractivity contribution in [3.63, 3.8) is 0 Å². The van der Waals surface area contributed by atoms with Crippen molar-refractivity contribution in [2.24, 2.45) is 23.7 Å². The van der Waals surface area contributed by atoms with E-state index in [1.54, 1.807) is 5.57 Å². The molecule has 9 aliphatic rings. The Balaban J connectivity index is 0.953. The van der Waals surface area contributed by atoms with Gasteiger partial charge in [0.15, 0.2) is 0 Å². The van der Waals surface area contributed by atoms with Crippen LogP contribution in [0.5, 0.6) is 0 Å². The van der Waals surface area contributed by atoms with Crippen LogP contribution in [0.15, 0.2) is 224 Å². The van der Waals surface area contributed by atoms with Crippen LogP contribution in [0.25, 0.3) is 105 Å². The zero-order valence-corrected chi connectivity index (χ0v) is 38.5. The number of allylic oxidation sites excluding steroid dienone is 16. The number of benzene rings is 8. The van der Waals surface area contributed by atoms with E-state index in [0.29, 0.717) is 11.8 Å². The maximum absolute atomic E-state index is 2.60. The van der Waals surface area contributed by atoms with Crippen molar-refractivity contribution >= 4 is 49.8 Å². The van der Waals surface area contributed by atoms with Crippen molar-refractivity contribution in [1.29, 1.82) is 0 Å². The molecule has 0 spiro atoms. The second-order valence-electron chi connectivity index (χ2n) is 20.7. The van der Waals surface area contributed by atoms with Gasteiger partial charge in [-0.3, -0.25) is 0 Å². The highest BCUT2D eigenvalue weighted by molar-refractivity contribution is 6.21. The normalized spacial score (nSPS) is 21.4. The van der Waals surface area contributed by atoms with Crippen molar-refractivity contribution in [2.45, 2.75) is 12.8 Å². The minimum absolute atomic E-state index is 0.219. The molecule has 0 heteroatoms. The van der Waals surface area contributed by atoms with Crippen LogP contribution in [-0.4, -0.2) is 0 Å². The fourth-order valence-electron chi connectivity index (χ4n) is 15.0. The summed E-state index contributed by atoms with van der Waals surface area (Å²) in [7, 11) is 0. The van der Waals surface area contributed by atoms with Crippen LogP contribution in [0.1, 0.15) is 46.2 Å². The second-order valence-corrected chi connectivity index (χ2v) is 20.7. The van der Waals surface area contributed by atoms with Crippen LogP contribution < -0.4 is 10.4 Å². The lowest BCUT2D eigenvalue weighted by Crippen LogP contribution is -2.41. The van der Waals surface area contributed by atoms with E-state index in [1.165, 1.54) is 149 Å². The Kier molecular flexibility index (Phi) is 7.36. The minimum atomic E-state index is 0.219. The van der Waals surface area contributed by atoms with E-state index in [2.05, 4.69) is 218 Å². The SMILES string of the molecule is C1=CC2C=CC=C3c4cc5c(-c6ccccc6)c6c(c(-c7ccccc7)c5cc4C(=C1)C32)C1=CC=C2C3=c4c(ccc5c4=C(CC3)c3c(-c4ccccc4)ccc(-c4ccccc4)c3-5)C3=CC=C6C1C23. The van der Waals surface area contributed by atoms with E-state index >= 15 is 0 Å². The van der Waals surface area contributed by atoms with Crippen LogP contribution in [0.2, 0.25) is 0 Å². The molecule has 4 unspecified atom stereocenters. The Morgan fingerprint density at radius 1 is 0.286 bits per heavy atom. The monoisotopic (exact) mass is 884 g/mol. The molecule has 70 heavy (non-hydrogen) atoms. The third-order valence-corrected chi connectivity index (χ3v) is 17.6. The summed E-state index contributed by atoms with van der Waals surface area (Å²) in [6.45, 7) is 0. The largest absolute Gasteiger partial charge is 0.0767 e. The predicted molar refractivity (Wildman–Crippen MR) is 292 cm³/mol. The molecule has 0 N–H and O–H groups in total. The van der Waals surface area contributed by atoms with E-state index in [-0.39, 0.29) is 11.8 Å². The van der Waals surface area contributed by atoms with Crippen LogP contribution >= 0.6 is 0 Å². The molecule has 0 aromatic heterocycles. The van der Waals surface area contributed by atoms with Crippen LogP contribution in [0.4, 0.5) is 0 Å². The van der Waals surface area contributed by atoms with Gasteiger partial charge in [0.1, 0.15) is 0 Å². The quantitative estimate of drug-likeness (QED) is 0.165. The third kappa shape index (κ3) is 4.72. The Morgan fingerprint density at radius 3 is 1.29 bits per heavy atom. The molecule has 17 rings (SSSR count). The molecule has 8 aromatic rings. The number of hydrogen-bond acceptors (Lipinski definition) is 0. The van der Waals surface area contributed by atoms with Gasteiger partial charge in [0.25, 0.3) is 0 Å². The lowest BCUT2D eigenvalue weighted by Gasteiger charge is -2.41. The first-order valence-corrected chi connectivity index (χ1v) is 25.4. The van der Waals surface area contributed by atoms with E-state index < -0.39 is 0 Å². The molecule has 0 bridgehead atoms. The highest BCUT2D eigenvalue weighted by Crippen LogP contribution is 2.65. The molecule has 8 aromatic carbocycles. The van der Waals surface area contributed by atoms with Gasteiger partial charge < -0.3 is 0 Å². The Hall–Kier alpha value is -8.32. The van der Waals surface area contributed by atoms with E-state index in [9.17, 15) is 0 Å². The second kappa shape index (κ2) is 13.7. The first kappa shape index (κ1) is 37.6. The van der Waals surface area contributed by atoms with Crippen LogP contribution in [0, 0.1) is 23.7 Å². The zero-order chi connectivity index (χ0) is 45.3. The standard InChI is InChI=1S/C70H44/c1-5-15-39(16-6-1)44-27-28-45(40-17-7-2-8-18-40)64-53-34-30-49-51-32-36-55-68-54(35-31-50(66(51)68)48-29-33-52(63(44)64)67(53)65(48)49)69-61(42-19-9-3-10-20-42)58-37-56-46-25-13-23-41-24-14-26-47(60(41)46)57(56)38-59(58)62(70(55)69)43-21-11-4-12-22-43/h1-29,31-33,35-38,41,60,66,68H,30,34H2. The third-order valence-electron chi connectivity index (χ3n) is 17.6. The molecule has 324 valence electrons. The molecular weight excluding hydrogens is 841 g/mol. The summed E-state index contributed by atoms with van der Waals surface area (Å²) in [6, 6.07) is 59.8. The summed E-state index contributed by atoms with van der Waals surface area (Å²) < 4.78 is 0. The van der Waals surface area contributed by atoms with Gasteiger partial charge in [-0.1, -0.05) is 206 Å². The van der Waals surface area contributed by atoms with Gasteiger partial charge in [0.05, 0.1) is 0 Å². The maximum Gasteiger partial charge on any atom is 0.0212 e. The topological polar surface area (TPSA) is 0 Å². The Morgan fingerprint density at radius 2 is 0.714 bits per heavy atom. The molecular formula is C70H44. The molecule has 9 aliphatic carbocycles. The van der Waals surface area contributed by atoms with Crippen LogP contribution in [-0.2, 0) is 0 Å². The first-order chi connectivity index (χ1) is 34.8. The fourth-order valence-corrected chi connectivity index (χ4v) is 15.0. The highest BCUT2D eigenvalue weighted by Gasteiger charge is 2.49. The molecule has 0 saturated heterocycles. The summed E-state index contributed by atoms with van der Waals surface area (Å²) in [5.74, 6) is 1.23. The zero-order valence-electron chi connectivity index (χ0n) is 38.5. The average molecular weight is 885 g/mol. The van der Waals surface area contributed by atoms with E-state index in [4.69, 9.17) is 0 Å². The number of rotatable bonds is 4. The highest BCUT2D eigenvalue weighted by atomic mass is 14.5. The molecule has 0 aliphatic heterocycles. The molecule has 4 atom stereocenters. The van der Waals surface area contributed by atoms with E-state index in [1.807, 2.05) is 0 Å². The molecule has 0 saturated carbocycles. The molecule has 0 fully saturated rings. The van der Waals surface area contributed by atoms with Gasteiger partial charge in [-0.05, 0) is 180 Å². The van der Waals surface area contributed by atoms with Crippen molar-refractivity contribution in [2.75, 3.05) is 0 Å². The van der Waals surface area contributed by atoms with Gasteiger partial charge in [-0.15, -0.1) is 0 Å².